The average molecular weight is 380 g/mol. The fraction of sp³-hybridized carbons (Fsp3) is 0.650. The Labute approximate surface area is 161 Å². The molecule has 2 fully saturated rings. The highest BCUT2D eigenvalue weighted by atomic mass is 35.5. The Morgan fingerprint density at radius 2 is 2.19 bits per heavy atom. The van der Waals surface area contributed by atoms with E-state index in [1.54, 1.807) is 7.05 Å². The van der Waals surface area contributed by atoms with Crippen molar-refractivity contribution in [2.24, 2.45) is 16.3 Å². The third kappa shape index (κ3) is 3.79. The van der Waals surface area contributed by atoms with E-state index < -0.39 is 0 Å². The Morgan fingerprint density at radius 1 is 1.42 bits per heavy atom. The molecule has 6 heteroatoms. The van der Waals surface area contributed by atoms with Gasteiger partial charge in [0.05, 0.1) is 17.7 Å². The van der Waals surface area contributed by atoms with Gasteiger partial charge in [-0.05, 0) is 25.0 Å². The maximum Gasteiger partial charge on any atom is 0.191 e. The first kappa shape index (κ1) is 19.3. The van der Waals surface area contributed by atoms with E-state index in [4.69, 9.17) is 21.1 Å². The average Bonchev–Trinajstić information content (AvgIpc) is 3.09. The zero-order chi connectivity index (χ0) is 18.7. The van der Waals surface area contributed by atoms with Crippen LogP contribution in [0.2, 0.25) is 5.02 Å². The smallest absolute Gasteiger partial charge is 0.191 e. The summed E-state index contributed by atoms with van der Waals surface area (Å²) in [5.74, 6) is 2.11. The van der Waals surface area contributed by atoms with Crippen LogP contribution in [0.5, 0.6) is 5.75 Å². The van der Waals surface area contributed by atoms with E-state index in [1.165, 1.54) is 0 Å². The Morgan fingerprint density at radius 3 is 2.88 bits per heavy atom. The summed E-state index contributed by atoms with van der Waals surface area (Å²) in [6.07, 6.45) is 2.38. The second-order valence-corrected chi connectivity index (χ2v) is 8.13. The molecule has 1 aromatic rings. The third-order valence-electron chi connectivity index (χ3n) is 5.70. The van der Waals surface area contributed by atoms with E-state index in [0.29, 0.717) is 29.6 Å². The molecular weight excluding hydrogens is 350 g/mol. The van der Waals surface area contributed by atoms with E-state index in [9.17, 15) is 0 Å². The van der Waals surface area contributed by atoms with Crippen LogP contribution in [0.15, 0.2) is 29.3 Å². The molecule has 0 radical (unpaired) electrons. The highest BCUT2D eigenvalue weighted by Gasteiger charge is 2.59. The number of nitrogens with zero attached hydrogens (tertiary/aromatic N) is 1. The molecule has 1 aliphatic heterocycles. The van der Waals surface area contributed by atoms with Crippen molar-refractivity contribution in [1.29, 1.82) is 0 Å². The first-order valence-corrected chi connectivity index (χ1v) is 9.85. The van der Waals surface area contributed by atoms with Crippen LogP contribution in [0.3, 0.4) is 0 Å². The van der Waals surface area contributed by atoms with Crippen LogP contribution in [0, 0.1) is 11.3 Å². The number of hydrogen-bond acceptors (Lipinski definition) is 3. The molecule has 0 aromatic heterocycles. The van der Waals surface area contributed by atoms with E-state index in [1.807, 2.05) is 24.3 Å². The van der Waals surface area contributed by atoms with Crippen LogP contribution in [-0.4, -0.2) is 44.4 Å². The molecule has 0 spiro atoms. The lowest BCUT2D eigenvalue weighted by molar-refractivity contribution is -0.106. The van der Waals surface area contributed by atoms with E-state index in [0.717, 1.165) is 31.2 Å². The van der Waals surface area contributed by atoms with Crippen LogP contribution in [0.1, 0.15) is 33.6 Å². The minimum absolute atomic E-state index is 0.0189. The first-order chi connectivity index (χ1) is 12.5. The number of ether oxygens (including phenoxy) is 2. The Bertz CT molecular complexity index is 650. The van der Waals surface area contributed by atoms with Gasteiger partial charge in [0.15, 0.2) is 5.96 Å². The zero-order valence-corrected chi connectivity index (χ0v) is 16.8. The highest BCUT2D eigenvalue weighted by Crippen LogP contribution is 2.52. The lowest BCUT2D eigenvalue weighted by atomic mass is 9.57. The van der Waals surface area contributed by atoms with Gasteiger partial charge in [-0.15, -0.1) is 0 Å². The van der Waals surface area contributed by atoms with Crippen molar-refractivity contribution in [3.8, 4) is 5.75 Å². The molecule has 2 aliphatic rings. The molecule has 1 saturated heterocycles. The molecule has 0 bridgehead atoms. The van der Waals surface area contributed by atoms with Gasteiger partial charge in [0.1, 0.15) is 11.9 Å². The molecule has 144 valence electrons. The molecule has 1 heterocycles. The number of halogens is 1. The maximum absolute atomic E-state index is 6.20. The molecule has 26 heavy (non-hydrogen) atoms. The van der Waals surface area contributed by atoms with E-state index in [2.05, 4.69) is 36.4 Å². The fourth-order valence-electron chi connectivity index (χ4n) is 4.16. The Balaban J connectivity index is 1.54. The summed E-state index contributed by atoms with van der Waals surface area (Å²) in [7, 11) is 1.81. The van der Waals surface area contributed by atoms with Crippen molar-refractivity contribution in [1.82, 2.24) is 10.6 Å². The van der Waals surface area contributed by atoms with Crippen molar-refractivity contribution in [2.75, 3.05) is 20.2 Å². The minimum Gasteiger partial charge on any atom is -0.487 e. The number of hydrogen-bond donors (Lipinski definition) is 2. The largest absolute Gasteiger partial charge is 0.487 e. The van der Waals surface area contributed by atoms with Gasteiger partial charge in [0.25, 0.3) is 0 Å². The van der Waals surface area contributed by atoms with Crippen molar-refractivity contribution in [2.45, 2.75) is 51.9 Å². The van der Waals surface area contributed by atoms with Crippen molar-refractivity contribution in [3.63, 3.8) is 0 Å². The molecule has 1 aromatic carbocycles. The van der Waals surface area contributed by atoms with Gasteiger partial charge in [-0.25, -0.2) is 0 Å². The molecule has 1 aliphatic carbocycles. The number of guanidine groups is 1. The van der Waals surface area contributed by atoms with Crippen molar-refractivity contribution in [3.05, 3.63) is 29.3 Å². The molecule has 4 atom stereocenters. The standard InChI is InChI=1S/C20H30ClN3O2/c1-5-13(26-16-9-7-6-8-15(16)21)12-23-19(22-4)24-17-14-10-11-25-18(14)20(17,2)3/h6-9,13-14,17-18H,5,10-12H2,1-4H3,(H2,22,23,24). The molecule has 5 nitrogen and oxygen atoms in total. The number of aliphatic imine (C=N–C) groups is 1. The summed E-state index contributed by atoms with van der Waals surface area (Å²) in [6, 6.07) is 7.96. The topological polar surface area (TPSA) is 54.9 Å². The van der Waals surface area contributed by atoms with E-state index >= 15 is 0 Å². The van der Waals surface area contributed by atoms with Gasteiger partial charge in [-0.3, -0.25) is 4.99 Å². The molecule has 4 unspecified atom stereocenters. The van der Waals surface area contributed by atoms with Gasteiger partial charge in [0, 0.05) is 31.0 Å². The minimum atomic E-state index is 0.0189. The molecular formula is C20H30ClN3O2. The molecule has 0 amide bonds. The lowest BCUT2D eigenvalue weighted by Crippen LogP contribution is -2.68. The molecule has 2 N–H and O–H groups in total. The van der Waals surface area contributed by atoms with Gasteiger partial charge in [-0.1, -0.05) is 44.5 Å². The highest BCUT2D eigenvalue weighted by molar-refractivity contribution is 6.32. The SMILES string of the molecule is CCC(CNC(=NC)NC1C2CCOC2C1(C)C)Oc1ccccc1Cl. The van der Waals surface area contributed by atoms with Gasteiger partial charge in [0.2, 0.25) is 0 Å². The van der Waals surface area contributed by atoms with Crippen LogP contribution < -0.4 is 15.4 Å². The predicted molar refractivity (Wildman–Crippen MR) is 106 cm³/mol. The lowest BCUT2D eigenvalue weighted by Gasteiger charge is -2.54. The number of nitrogens with one attached hydrogen (secondary N) is 2. The predicted octanol–water partition coefficient (Wildman–Crippen LogP) is 3.48. The summed E-state index contributed by atoms with van der Waals surface area (Å²) in [5.41, 5.74) is 0.122. The summed E-state index contributed by atoms with van der Waals surface area (Å²) < 4.78 is 11.9. The quantitative estimate of drug-likeness (QED) is 0.587. The van der Waals surface area contributed by atoms with Gasteiger partial charge in [-0.2, -0.15) is 0 Å². The Hall–Kier alpha value is -1.46. The van der Waals surface area contributed by atoms with Crippen LogP contribution in [-0.2, 0) is 4.74 Å². The van der Waals surface area contributed by atoms with Crippen LogP contribution >= 0.6 is 11.6 Å². The fourth-order valence-corrected chi connectivity index (χ4v) is 4.34. The number of benzene rings is 1. The van der Waals surface area contributed by atoms with Crippen molar-refractivity contribution >= 4 is 17.6 Å². The van der Waals surface area contributed by atoms with Gasteiger partial charge < -0.3 is 20.1 Å². The monoisotopic (exact) mass is 379 g/mol. The maximum atomic E-state index is 6.20. The second kappa shape index (κ2) is 8.05. The Kier molecular flexibility index (Phi) is 5.98. The van der Waals surface area contributed by atoms with Crippen molar-refractivity contribution < 1.29 is 9.47 Å². The molecule has 1 saturated carbocycles. The molecule has 3 rings (SSSR count). The number of rotatable bonds is 6. The second-order valence-electron chi connectivity index (χ2n) is 7.72. The summed E-state index contributed by atoms with van der Waals surface area (Å²) >= 11 is 6.20. The number of para-hydroxylation sites is 1. The summed E-state index contributed by atoms with van der Waals surface area (Å²) in [6.45, 7) is 8.17. The summed E-state index contributed by atoms with van der Waals surface area (Å²) in [5, 5.41) is 7.64. The third-order valence-corrected chi connectivity index (χ3v) is 6.01. The van der Waals surface area contributed by atoms with Crippen LogP contribution in [0.4, 0.5) is 0 Å². The normalized spacial score (nSPS) is 28.0. The van der Waals surface area contributed by atoms with E-state index in [-0.39, 0.29) is 11.5 Å². The first-order valence-electron chi connectivity index (χ1n) is 9.47. The zero-order valence-electron chi connectivity index (χ0n) is 16.1. The number of fused-ring (bicyclic) bond motifs is 1. The van der Waals surface area contributed by atoms with Crippen LogP contribution in [0.25, 0.3) is 0 Å². The van der Waals surface area contributed by atoms with Gasteiger partial charge >= 0.3 is 0 Å². The summed E-state index contributed by atoms with van der Waals surface area (Å²) in [4.78, 5) is 4.39.